The molecule has 0 saturated carbocycles. The molecule has 1 aromatic rings. The lowest BCUT2D eigenvalue weighted by Crippen LogP contribution is -2.14. The number of ether oxygens (including phenoxy) is 1. The van der Waals surface area contributed by atoms with Gasteiger partial charge in [-0.15, -0.1) is 11.6 Å². The second kappa shape index (κ2) is 5.38. The van der Waals surface area contributed by atoms with Crippen molar-refractivity contribution in [2.24, 2.45) is 0 Å². The fraction of sp³-hybridized carbons (Fsp3) is 0.500. The van der Waals surface area contributed by atoms with Crippen LogP contribution in [0, 0.1) is 0 Å². The van der Waals surface area contributed by atoms with Crippen LogP contribution in [0.2, 0.25) is 0 Å². The third-order valence-corrected chi connectivity index (χ3v) is 2.62. The molecule has 0 N–H and O–H groups in total. The molecule has 0 saturated heterocycles. The first-order valence-electron chi connectivity index (χ1n) is 5.08. The Morgan fingerprint density at radius 1 is 1.13 bits per heavy atom. The zero-order valence-electron chi connectivity index (χ0n) is 9.70. The molecule has 0 radical (unpaired) electrons. The molecular formula is C12H18ClNO. The van der Waals surface area contributed by atoms with Crippen LogP contribution in [0.15, 0.2) is 24.3 Å². The molecule has 0 fully saturated rings. The number of alkyl halides is 1. The van der Waals surface area contributed by atoms with Crippen LogP contribution in [0.1, 0.15) is 24.9 Å². The molecule has 1 aromatic carbocycles. The molecule has 0 aliphatic heterocycles. The van der Waals surface area contributed by atoms with Crippen LogP contribution in [0.25, 0.3) is 0 Å². The molecule has 2 nitrogen and oxygen atoms in total. The Bertz CT molecular complexity index is 295. The van der Waals surface area contributed by atoms with Gasteiger partial charge in [0.05, 0.1) is 6.10 Å². The lowest BCUT2D eigenvalue weighted by Gasteiger charge is -2.18. The largest absolute Gasteiger partial charge is 0.491 e. The highest BCUT2D eigenvalue weighted by atomic mass is 35.5. The van der Waals surface area contributed by atoms with Crippen LogP contribution in [0.4, 0.5) is 0 Å². The van der Waals surface area contributed by atoms with E-state index in [-0.39, 0.29) is 11.6 Å². The van der Waals surface area contributed by atoms with Crippen molar-refractivity contribution < 1.29 is 4.74 Å². The number of hydrogen-bond donors (Lipinski definition) is 0. The van der Waals surface area contributed by atoms with Crippen molar-refractivity contribution in [1.29, 1.82) is 0 Å². The van der Waals surface area contributed by atoms with Gasteiger partial charge in [-0.05, 0) is 45.6 Å². The van der Waals surface area contributed by atoms with Gasteiger partial charge in [-0.2, -0.15) is 0 Å². The van der Waals surface area contributed by atoms with Crippen LogP contribution in [-0.4, -0.2) is 25.1 Å². The highest BCUT2D eigenvalue weighted by Gasteiger charge is 2.09. The van der Waals surface area contributed by atoms with Crippen molar-refractivity contribution in [2.75, 3.05) is 14.1 Å². The summed E-state index contributed by atoms with van der Waals surface area (Å²) >= 11 is 6.18. The second-order valence-corrected chi connectivity index (χ2v) is 4.45. The van der Waals surface area contributed by atoms with E-state index in [0.717, 1.165) is 11.3 Å². The van der Waals surface area contributed by atoms with Gasteiger partial charge in [0.15, 0.2) is 0 Å². The number of nitrogens with zero attached hydrogens (tertiary/aromatic N) is 1. The van der Waals surface area contributed by atoms with Crippen LogP contribution >= 0.6 is 11.6 Å². The van der Waals surface area contributed by atoms with E-state index < -0.39 is 0 Å². The zero-order valence-corrected chi connectivity index (χ0v) is 10.5. The van der Waals surface area contributed by atoms with Gasteiger partial charge in [-0.3, -0.25) is 4.90 Å². The van der Waals surface area contributed by atoms with Crippen LogP contribution < -0.4 is 4.74 Å². The number of benzene rings is 1. The summed E-state index contributed by atoms with van der Waals surface area (Å²) in [5, 5.41) is 0. The molecule has 1 unspecified atom stereocenters. The van der Waals surface area contributed by atoms with Gasteiger partial charge >= 0.3 is 0 Å². The van der Waals surface area contributed by atoms with Crippen molar-refractivity contribution in [3.05, 3.63) is 29.8 Å². The summed E-state index contributed by atoms with van der Waals surface area (Å²) in [5.74, 6) is 0.886. The average Bonchev–Trinajstić information content (AvgIpc) is 2.17. The van der Waals surface area contributed by atoms with Crippen molar-refractivity contribution in [1.82, 2.24) is 4.90 Å². The Morgan fingerprint density at radius 3 is 2.07 bits per heavy atom. The van der Waals surface area contributed by atoms with Crippen molar-refractivity contribution in [2.45, 2.75) is 25.5 Å². The van der Waals surface area contributed by atoms with E-state index in [1.807, 2.05) is 57.1 Å². The van der Waals surface area contributed by atoms with Gasteiger partial charge in [0.2, 0.25) is 0 Å². The quantitative estimate of drug-likeness (QED) is 0.578. The van der Waals surface area contributed by atoms with E-state index in [1.165, 1.54) is 0 Å². The Balaban J connectivity index is 2.72. The third kappa shape index (κ3) is 3.73. The summed E-state index contributed by atoms with van der Waals surface area (Å²) in [4.78, 5) is 1.96. The molecule has 0 amide bonds. The summed E-state index contributed by atoms with van der Waals surface area (Å²) in [6.45, 7) is 4.02. The molecule has 15 heavy (non-hydrogen) atoms. The lowest BCUT2D eigenvalue weighted by atomic mass is 10.2. The van der Waals surface area contributed by atoms with Crippen molar-refractivity contribution in [3.63, 3.8) is 0 Å². The van der Waals surface area contributed by atoms with Crippen LogP contribution in [-0.2, 0) is 0 Å². The number of halogens is 1. The smallest absolute Gasteiger partial charge is 0.119 e. The molecule has 0 bridgehead atoms. The standard InChI is InChI=1S/C12H18ClNO/c1-9(2)15-11-7-5-10(6-8-11)12(13)14(3)4/h5-9,12H,1-4H3. The molecule has 1 atom stereocenters. The molecular weight excluding hydrogens is 210 g/mol. The molecule has 84 valence electrons. The minimum absolute atomic E-state index is 0.0851. The van der Waals surface area contributed by atoms with Crippen LogP contribution in [0.5, 0.6) is 5.75 Å². The van der Waals surface area contributed by atoms with Gasteiger partial charge in [0.25, 0.3) is 0 Å². The maximum atomic E-state index is 6.18. The topological polar surface area (TPSA) is 12.5 Å². The highest BCUT2D eigenvalue weighted by molar-refractivity contribution is 6.20. The first-order valence-corrected chi connectivity index (χ1v) is 5.51. The molecule has 0 aliphatic rings. The van der Waals surface area contributed by atoms with Gasteiger partial charge in [0.1, 0.15) is 11.3 Å². The minimum Gasteiger partial charge on any atom is -0.491 e. The average molecular weight is 228 g/mol. The number of hydrogen-bond acceptors (Lipinski definition) is 2. The van der Waals surface area contributed by atoms with E-state index in [9.17, 15) is 0 Å². The van der Waals surface area contributed by atoms with E-state index in [1.54, 1.807) is 0 Å². The fourth-order valence-corrected chi connectivity index (χ4v) is 1.42. The van der Waals surface area contributed by atoms with Gasteiger partial charge in [-0.25, -0.2) is 0 Å². The molecule has 1 rings (SSSR count). The lowest BCUT2D eigenvalue weighted by molar-refractivity contribution is 0.242. The molecule has 0 aliphatic carbocycles. The van der Waals surface area contributed by atoms with Crippen molar-refractivity contribution >= 4 is 11.6 Å². The highest BCUT2D eigenvalue weighted by Crippen LogP contribution is 2.24. The van der Waals surface area contributed by atoms with E-state index in [0.29, 0.717) is 0 Å². The Labute approximate surface area is 96.8 Å². The zero-order chi connectivity index (χ0) is 11.4. The third-order valence-electron chi connectivity index (χ3n) is 1.98. The maximum absolute atomic E-state index is 6.18. The van der Waals surface area contributed by atoms with Crippen molar-refractivity contribution in [3.8, 4) is 5.75 Å². The minimum atomic E-state index is -0.0851. The van der Waals surface area contributed by atoms with Gasteiger partial charge in [0, 0.05) is 0 Å². The summed E-state index contributed by atoms with van der Waals surface area (Å²) in [7, 11) is 3.91. The molecule has 0 spiro atoms. The van der Waals surface area contributed by atoms with Crippen LogP contribution in [0.3, 0.4) is 0 Å². The molecule has 0 heterocycles. The normalized spacial score (nSPS) is 13.3. The Hall–Kier alpha value is -0.730. The van der Waals surface area contributed by atoms with E-state index in [4.69, 9.17) is 16.3 Å². The fourth-order valence-electron chi connectivity index (χ4n) is 1.28. The summed E-state index contributed by atoms with van der Waals surface area (Å²) in [6.07, 6.45) is 0.205. The maximum Gasteiger partial charge on any atom is 0.119 e. The predicted octanol–water partition coefficient (Wildman–Crippen LogP) is 3.27. The predicted molar refractivity (Wildman–Crippen MR) is 64.5 cm³/mol. The van der Waals surface area contributed by atoms with Gasteiger partial charge < -0.3 is 4.74 Å². The number of rotatable bonds is 4. The molecule has 3 heteroatoms. The Morgan fingerprint density at radius 2 is 1.67 bits per heavy atom. The first kappa shape index (κ1) is 12.3. The monoisotopic (exact) mass is 227 g/mol. The van der Waals surface area contributed by atoms with Gasteiger partial charge in [-0.1, -0.05) is 12.1 Å². The Kier molecular flexibility index (Phi) is 4.43. The van der Waals surface area contributed by atoms with E-state index >= 15 is 0 Å². The summed E-state index contributed by atoms with van der Waals surface area (Å²) < 4.78 is 5.55. The summed E-state index contributed by atoms with van der Waals surface area (Å²) in [6, 6.07) is 7.90. The molecule has 0 aromatic heterocycles. The summed E-state index contributed by atoms with van der Waals surface area (Å²) in [5.41, 5.74) is 0.996. The SMILES string of the molecule is CC(C)Oc1ccc(C(Cl)N(C)C)cc1. The first-order chi connectivity index (χ1) is 7.00. The van der Waals surface area contributed by atoms with E-state index in [2.05, 4.69) is 0 Å². The second-order valence-electron chi connectivity index (χ2n) is 4.04.